The number of aromatic amines is 2. The van der Waals surface area contributed by atoms with Gasteiger partial charge >= 0.3 is 0 Å². The van der Waals surface area contributed by atoms with Crippen molar-refractivity contribution in [3.63, 3.8) is 0 Å². The number of ketones is 1. The number of hydrogen-bond donors (Lipinski definition) is 5. The molecule has 4 heterocycles. The number of carbonyl (C=O) groups excluding carboxylic acids is 4. The van der Waals surface area contributed by atoms with E-state index in [0.29, 0.717) is 38.4 Å². The van der Waals surface area contributed by atoms with Gasteiger partial charge in [0.05, 0.1) is 37.2 Å². The third-order valence-corrected chi connectivity index (χ3v) is 10.2. The minimum Gasteiger partial charge on any atom is -0.455 e. The van der Waals surface area contributed by atoms with Crippen molar-refractivity contribution >= 4 is 34.4 Å². The Bertz CT molecular complexity index is 1770. The predicted molar refractivity (Wildman–Crippen MR) is 189 cm³/mol. The number of nitrogens with zero attached hydrogens (tertiary/aromatic N) is 2. The number of aliphatic hydroxyl groups excluding tert-OH is 1. The lowest BCUT2D eigenvalue weighted by Gasteiger charge is -2.31. The van der Waals surface area contributed by atoms with Crippen LogP contribution in [0.25, 0.3) is 10.9 Å². The highest BCUT2D eigenvalue weighted by molar-refractivity contribution is 5.92. The lowest BCUT2D eigenvalue weighted by Crippen LogP contribution is -2.54. The number of morpholine rings is 1. The van der Waals surface area contributed by atoms with Gasteiger partial charge in [-0.3, -0.25) is 19.2 Å². The van der Waals surface area contributed by atoms with Crippen molar-refractivity contribution in [3.05, 3.63) is 77.9 Å². The predicted octanol–water partition coefficient (Wildman–Crippen LogP) is 4.01. The fraction of sp³-hybridized carbons (Fsp3) is 0.500. The van der Waals surface area contributed by atoms with E-state index in [0.717, 1.165) is 48.6 Å². The molecule has 3 aromatic heterocycles. The molecule has 6 rings (SSSR count). The molecule has 1 aromatic carbocycles. The van der Waals surface area contributed by atoms with Crippen LogP contribution in [-0.4, -0.2) is 86.9 Å². The summed E-state index contributed by atoms with van der Waals surface area (Å²) < 4.78 is 11.1. The summed E-state index contributed by atoms with van der Waals surface area (Å²) in [5.74, 6) is -1.51. The zero-order valence-corrected chi connectivity index (χ0v) is 29.1. The lowest BCUT2D eigenvalue weighted by atomic mass is 9.83. The molecule has 5 N–H and O–H groups in total. The number of Topliss-reactive ketones (excluding diaryl/α,β-unsaturated/α-hetero) is 1. The number of furan rings is 1. The SMILES string of the molecule is CC(=O)c1ccc([C@@H](O)[C@@H](CC2CCCCC2)NC(=O)[C@H](Cc2c[nH]cn2)NC(=O)[C@@H](CC(=O)N2CCOCC2)Cc2c[nH]c3ccccc23)o1. The summed E-state index contributed by atoms with van der Waals surface area (Å²) in [6, 6.07) is 9.07. The Balaban J connectivity index is 1.24. The van der Waals surface area contributed by atoms with Crippen molar-refractivity contribution in [2.75, 3.05) is 26.3 Å². The van der Waals surface area contributed by atoms with Crippen LogP contribution in [0.15, 0.2) is 59.5 Å². The van der Waals surface area contributed by atoms with Crippen LogP contribution in [0.2, 0.25) is 0 Å². The number of imidazole rings is 1. The van der Waals surface area contributed by atoms with Gasteiger partial charge in [-0.2, -0.15) is 0 Å². The van der Waals surface area contributed by atoms with Gasteiger partial charge in [-0.1, -0.05) is 50.3 Å². The number of nitrogens with one attached hydrogen (secondary N) is 4. The molecule has 0 bridgehead atoms. The molecule has 1 saturated carbocycles. The lowest BCUT2D eigenvalue weighted by molar-refractivity contribution is -0.140. The number of carbonyl (C=O) groups is 4. The van der Waals surface area contributed by atoms with Crippen molar-refractivity contribution in [1.82, 2.24) is 30.5 Å². The molecule has 0 spiro atoms. The summed E-state index contributed by atoms with van der Waals surface area (Å²) in [4.78, 5) is 66.1. The largest absolute Gasteiger partial charge is 0.455 e. The van der Waals surface area contributed by atoms with Crippen LogP contribution in [0, 0.1) is 11.8 Å². The van der Waals surface area contributed by atoms with E-state index < -0.39 is 35.9 Å². The zero-order valence-electron chi connectivity index (χ0n) is 29.1. The van der Waals surface area contributed by atoms with E-state index in [1.54, 1.807) is 17.2 Å². The van der Waals surface area contributed by atoms with Gasteiger partial charge in [-0.05, 0) is 42.5 Å². The smallest absolute Gasteiger partial charge is 0.243 e. The van der Waals surface area contributed by atoms with Gasteiger partial charge in [-0.15, -0.1) is 0 Å². The second-order valence-corrected chi connectivity index (χ2v) is 13.8. The molecule has 1 aliphatic heterocycles. The van der Waals surface area contributed by atoms with E-state index >= 15 is 0 Å². The van der Waals surface area contributed by atoms with Crippen molar-refractivity contribution in [2.24, 2.45) is 11.8 Å². The summed E-state index contributed by atoms with van der Waals surface area (Å²) >= 11 is 0. The molecule has 2 aliphatic rings. The second-order valence-electron chi connectivity index (χ2n) is 13.8. The Morgan fingerprint density at radius 2 is 1.76 bits per heavy atom. The van der Waals surface area contributed by atoms with Crippen LogP contribution in [-0.2, 0) is 32.0 Å². The van der Waals surface area contributed by atoms with Crippen LogP contribution < -0.4 is 10.6 Å². The molecule has 1 saturated heterocycles. The topological polar surface area (TPSA) is 183 Å². The van der Waals surface area contributed by atoms with E-state index in [2.05, 4.69) is 25.6 Å². The normalized spacial score (nSPS) is 17.8. The minimum atomic E-state index is -1.22. The number of H-pyrrole nitrogens is 2. The molecule has 13 heteroatoms. The number of ether oxygens (including phenoxy) is 1. The van der Waals surface area contributed by atoms with Crippen LogP contribution in [0.1, 0.15) is 85.5 Å². The van der Waals surface area contributed by atoms with Crippen molar-refractivity contribution in [1.29, 1.82) is 0 Å². The standard InChI is InChI=1S/C38H48N6O7/c1-24(45)33-11-12-34(51-33)36(47)31(17-25-7-3-2-4-8-25)42-38(49)32(20-28-22-39-23-41-28)43-37(48)26(19-35(46)44-13-15-50-16-14-44)18-27-21-40-30-10-6-5-9-29(27)30/h5-6,9-12,21-23,25-26,31-32,36,40,47H,2-4,7-8,13-20H2,1H3,(H,39,41)(H,42,49)(H,43,48)/t26-,31-,32+,36+/m1/s1. The molecule has 4 atom stereocenters. The van der Waals surface area contributed by atoms with Gasteiger partial charge < -0.3 is 39.8 Å². The van der Waals surface area contributed by atoms with Gasteiger partial charge in [0, 0.05) is 56.2 Å². The summed E-state index contributed by atoms with van der Waals surface area (Å²) in [7, 11) is 0. The van der Waals surface area contributed by atoms with E-state index in [9.17, 15) is 24.3 Å². The second kappa shape index (κ2) is 17.0. The average Bonchev–Trinajstić information content (AvgIpc) is 3.94. The van der Waals surface area contributed by atoms with Gasteiger partial charge in [0.1, 0.15) is 17.9 Å². The number of aliphatic hydroxyl groups is 1. The third kappa shape index (κ3) is 9.33. The maximum Gasteiger partial charge on any atom is 0.243 e. The number of aromatic nitrogens is 3. The molecule has 13 nitrogen and oxygen atoms in total. The Labute approximate surface area is 296 Å². The fourth-order valence-corrected chi connectivity index (χ4v) is 7.32. The Morgan fingerprint density at radius 3 is 2.49 bits per heavy atom. The van der Waals surface area contributed by atoms with E-state index in [1.807, 2.05) is 30.5 Å². The number of benzene rings is 1. The number of fused-ring (bicyclic) bond motifs is 1. The first kappa shape index (κ1) is 36.1. The summed E-state index contributed by atoms with van der Waals surface area (Å²) in [5.41, 5.74) is 2.39. The first-order valence-electron chi connectivity index (χ1n) is 18.0. The number of rotatable bonds is 15. The van der Waals surface area contributed by atoms with E-state index in [4.69, 9.17) is 9.15 Å². The molecule has 1 aliphatic carbocycles. The first-order valence-corrected chi connectivity index (χ1v) is 18.0. The highest BCUT2D eigenvalue weighted by Gasteiger charge is 2.34. The van der Waals surface area contributed by atoms with Crippen LogP contribution in [0.4, 0.5) is 0 Å². The molecule has 0 unspecified atom stereocenters. The van der Waals surface area contributed by atoms with Gasteiger partial charge in [-0.25, -0.2) is 4.98 Å². The molecule has 3 amide bonds. The summed E-state index contributed by atoms with van der Waals surface area (Å²) in [6.07, 6.45) is 9.92. The van der Waals surface area contributed by atoms with E-state index in [-0.39, 0.29) is 48.4 Å². The molecular weight excluding hydrogens is 652 g/mol. The minimum absolute atomic E-state index is 0.0396. The quantitative estimate of drug-likeness (QED) is 0.115. The van der Waals surface area contributed by atoms with Crippen molar-refractivity contribution < 1.29 is 33.4 Å². The van der Waals surface area contributed by atoms with Crippen LogP contribution >= 0.6 is 0 Å². The van der Waals surface area contributed by atoms with Gasteiger partial charge in [0.15, 0.2) is 11.5 Å². The molecule has 272 valence electrons. The van der Waals surface area contributed by atoms with Crippen molar-refractivity contribution in [2.45, 2.75) is 82.9 Å². The molecule has 2 fully saturated rings. The van der Waals surface area contributed by atoms with Crippen molar-refractivity contribution in [3.8, 4) is 0 Å². The fourth-order valence-electron chi connectivity index (χ4n) is 7.32. The Hall–Kier alpha value is -4.75. The number of para-hydroxylation sites is 1. The molecule has 4 aromatic rings. The first-order chi connectivity index (χ1) is 24.7. The monoisotopic (exact) mass is 700 g/mol. The number of hydrogen-bond acceptors (Lipinski definition) is 8. The maximum atomic E-state index is 14.3. The summed E-state index contributed by atoms with van der Waals surface area (Å²) in [5, 5.41) is 18.5. The Kier molecular flexibility index (Phi) is 12.0. The third-order valence-electron chi connectivity index (χ3n) is 10.2. The van der Waals surface area contributed by atoms with Gasteiger partial charge in [0.2, 0.25) is 17.7 Å². The summed E-state index contributed by atoms with van der Waals surface area (Å²) in [6.45, 7) is 3.19. The molecule has 51 heavy (non-hydrogen) atoms. The highest BCUT2D eigenvalue weighted by atomic mass is 16.5. The maximum absolute atomic E-state index is 14.3. The molecule has 0 radical (unpaired) electrons. The average molecular weight is 701 g/mol. The van der Waals surface area contributed by atoms with Crippen LogP contribution in [0.5, 0.6) is 0 Å². The van der Waals surface area contributed by atoms with Gasteiger partial charge in [0.25, 0.3) is 0 Å². The highest BCUT2D eigenvalue weighted by Crippen LogP contribution is 2.32. The van der Waals surface area contributed by atoms with Crippen LogP contribution in [0.3, 0.4) is 0 Å². The zero-order chi connectivity index (χ0) is 35.7. The van der Waals surface area contributed by atoms with E-state index in [1.165, 1.54) is 19.3 Å². The Morgan fingerprint density at radius 1 is 0.980 bits per heavy atom. The number of amides is 3. The molecular formula is C38H48N6O7.